The first kappa shape index (κ1) is 15.0. The first-order chi connectivity index (χ1) is 9.41. The summed E-state index contributed by atoms with van der Waals surface area (Å²) in [7, 11) is -2.07. The fourth-order valence-corrected chi connectivity index (χ4v) is 4.49. The summed E-state index contributed by atoms with van der Waals surface area (Å²) in [6.07, 6.45) is 0.634. The molecule has 0 aliphatic carbocycles. The highest BCUT2D eigenvalue weighted by molar-refractivity contribution is 7.91. The van der Waals surface area contributed by atoms with Crippen molar-refractivity contribution >= 4 is 21.4 Å². The van der Waals surface area contributed by atoms with Gasteiger partial charge in [-0.05, 0) is 18.9 Å². The van der Waals surface area contributed by atoms with Crippen LogP contribution in [0.3, 0.4) is 0 Å². The lowest BCUT2D eigenvalue weighted by atomic mass is 10.2. The van der Waals surface area contributed by atoms with Crippen LogP contribution in [0.1, 0.15) is 11.3 Å². The first-order valence-electron chi connectivity index (χ1n) is 6.11. The molecule has 20 heavy (non-hydrogen) atoms. The van der Waals surface area contributed by atoms with E-state index in [-0.39, 0.29) is 9.08 Å². The molecular weight excluding hydrogens is 296 g/mol. The fourth-order valence-electron chi connectivity index (χ4n) is 1.83. The van der Waals surface area contributed by atoms with Crippen LogP contribution in [0.4, 0.5) is 0 Å². The molecule has 2 aromatic rings. The average molecular weight is 312 g/mol. The predicted octanol–water partition coefficient (Wildman–Crippen LogP) is 1.61. The lowest BCUT2D eigenvalue weighted by Crippen LogP contribution is -2.29. The predicted molar refractivity (Wildman–Crippen MR) is 79.6 cm³/mol. The van der Waals surface area contributed by atoms with Gasteiger partial charge in [0.1, 0.15) is 0 Å². The summed E-state index contributed by atoms with van der Waals surface area (Å²) >= 11 is 0.731. The molecule has 0 radical (unpaired) electrons. The maximum absolute atomic E-state index is 12.4. The Morgan fingerprint density at radius 3 is 2.45 bits per heavy atom. The number of thiazole rings is 1. The van der Waals surface area contributed by atoms with Crippen molar-refractivity contribution in [2.24, 2.45) is 0 Å². The normalized spacial score (nSPS) is 11.9. The zero-order valence-corrected chi connectivity index (χ0v) is 12.9. The molecule has 0 bridgehead atoms. The van der Waals surface area contributed by atoms with Crippen molar-refractivity contribution in [2.75, 3.05) is 13.6 Å². The van der Waals surface area contributed by atoms with Crippen molar-refractivity contribution in [1.82, 2.24) is 9.29 Å². The van der Waals surface area contributed by atoms with Crippen LogP contribution in [0.15, 0.2) is 39.3 Å². The van der Waals surface area contributed by atoms with Crippen LogP contribution >= 0.6 is 11.3 Å². The van der Waals surface area contributed by atoms with Gasteiger partial charge in [0, 0.05) is 19.3 Å². The van der Waals surface area contributed by atoms with E-state index in [1.807, 2.05) is 30.3 Å². The minimum Gasteiger partial charge on any atom is -0.315 e. The lowest BCUT2D eigenvalue weighted by Gasteiger charge is -2.16. The average Bonchev–Trinajstić information content (AvgIpc) is 2.77. The number of aromatic amines is 1. The third-order valence-electron chi connectivity index (χ3n) is 2.98. The minimum atomic E-state index is -3.60. The second kappa shape index (κ2) is 5.90. The van der Waals surface area contributed by atoms with Gasteiger partial charge >= 0.3 is 4.87 Å². The zero-order valence-electron chi connectivity index (χ0n) is 11.3. The highest BCUT2D eigenvalue weighted by atomic mass is 32.2. The third kappa shape index (κ3) is 3.17. The molecule has 7 heteroatoms. The van der Waals surface area contributed by atoms with Gasteiger partial charge in [0.2, 0.25) is 0 Å². The van der Waals surface area contributed by atoms with Crippen LogP contribution in [0.25, 0.3) is 0 Å². The van der Waals surface area contributed by atoms with E-state index in [0.29, 0.717) is 18.7 Å². The monoisotopic (exact) mass is 312 g/mol. The molecule has 1 heterocycles. The SMILES string of the molecule is Cc1[nH]c(=O)sc1S(=O)(=O)N(C)CCc1ccccc1. The van der Waals surface area contributed by atoms with E-state index in [1.54, 1.807) is 6.92 Å². The number of aromatic nitrogens is 1. The number of sulfonamides is 1. The number of nitrogens with zero attached hydrogens (tertiary/aromatic N) is 1. The van der Waals surface area contributed by atoms with Gasteiger partial charge in [0.25, 0.3) is 10.0 Å². The maximum atomic E-state index is 12.4. The van der Waals surface area contributed by atoms with E-state index in [9.17, 15) is 13.2 Å². The van der Waals surface area contributed by atoms with E-state index >= 15 is 0 Å². The number of H-pyrrole nitrogens is 1. The molecular formula is C13H16N2O3S2. The van der Waals surface area contributed by atoms with E-state index in [2.05, 4.69) is 4.98 Å². The number of hydrogen-bond acceptors (Lipinski definition) is 4. The Kier molecular flexibility index (Phi) is 4.42. The smallest absolute Gasteiger partial charge is 0.305 e. The molecule has 0 unspecified atom stereocenters. The van der Waals surface area contributed by atoms with Crippen LogP contribution in [0, 0.1) is 6.92 Å². The number of rotatable bonds is 5. The quantitative estimate of drug-likeness (QED) is 0.912. The maximum Gasteiger partial charge on any atom is 0.305 e. The molecule has 2 rings (SSSR count). The second-order valence-electron chi connectivity index (χ2n) is 4.49. The standard InChI is InChI=1S/C13H16N2O3S2/c1-10-12(19-13(16)14-10)20(17,18)15(2)9-8-11-6-4-3-5-7-11/h3-7H,8-9H2,1-2H3,(H,14,16). The van der Waals surface area contributed by atoms with Gasteiger partial charge in [-0.2, -0.15) is 4.31 Å². The number of benzene rings is 1. The molecule has 1 aromatic carbocycles. The Hall–Kier alpha value is -1.44. The second-order valence-corrected chi connectivity index (χ2v) is 7.71. The Labute approximate surface area is 121 Å². The van der Waals surface area contributed by atoms with Gasteiger partial charge in [0.15, 0.2) is 4.21 Å². The molecule has 0 saturated heterocycles. The molecule has 108 valence electrons. The lowest BCUT2D eigenvalue weighted by molar-refractivity contribution is 0.473. The molecule has 0 spiro atoms. The number of aryl methyl sites for hydroxylation is 1. The number of hydrogen-bond donors (Lipinski definition) is 1. The Morgan fingerprint density at radius 2 is 1.90 bits per heavy atom. The Morgan fingerprint density at radius 1 is 1.25 bits per heavy atom. The van der Waals surface area contributed by atoms with Gasteiger partial charge in [-0.15, -0.1) is 0 Å². The van der Waals surface area contributed by atoms with Crippen molar-refractivity contribution in [3.8, 4) is 0 Å². The van der Waals surface area contributed by atoms with E-state index < -0.39 is 10.0 Å². The van der Waals surface area contributed by atoms with Gasteiger partial charge in [-0.25, -0.2) is 8.42 Å². The Balaban J connectivity index is 2.14. The van der Waals surface area contributed by atoms with E-state index in [1.165, 1.54) is 11.4 Å². The summed E-state index contributed by atoms with van der Waals surface area (Å²) in [5.74, 6) is 0. The molecule has 0 amide bonds. The highest BCUT2D eigenvalue weighted by Gasteiger charge is 2.25. The van der Waals surface area contributed by atoms with Crippen LogP contribution in [-0.4, -0.2) is 31.3 Å². The minimum absolute atomic E-state index is 0.0954. The van der Waals surface area contributed by atoms with Crippen molar-refractivity contribution in [3.05, 3.63) is 51.3 Å². The third-order valence-corrected chi connectivity index (χ3v) is 6.42. The van der Waals surface area contributed by atoms with E-state index in [0.717, 1.165) is 16.9 Å². The van der Waals surface area contributed by atoms with Crippen molar-refractivity contribution in [2.45, 2.75) is 17.6 Å². The van der Waals surface area contributed by atoms with Gasteiger partial charge in [0.05, 0.1) is 0 Å². The van der Waals surface area contributed by atoms with Crippen molar-refractivity contribution in [3.63, 3.8) is 0 Å². The highest BCUT2D eigenvalue weighted by Crippen LogP contribution is 2.20. The molecule has 1 N–H and O–H groups in total. The van der Waals surface area contributed by atoms with Gasteiger partial charge in [-0.3, -0.25) is 4.79 Å². The largest absolute Gasteiger partial charge is 0.315 e. The summed E-state index contributed by atoms with van der Waals surface area (Å²) in [5, 5.41) is 0. The number of nitrogens with one attached hydrogen (secondary N) is 1. The topological polar surface area (TPSA) is 70.2 Å². The molecule has 0 saturated carbocycles. The summed E-state index contributed by atoms with van der Waals surface area (Å²) in [6, 6.07) is 9.68. The van der Waals surface area contributed by atoms with Gasteiger partial charge < -0.3 is 4.98 Å². The molecule has 1 aromatic heterocycles. The summed E-state index contributed by atoms with van der Waals surface area (Å²) in [6.45, 7) is 1.97. The Bertz CT molecular complexity index is 732. The summed E-state index contributed by atoms with van der Waals surface area (Å²) in [4.78, 5) is 13.4. The van der Waals surface area contributed by atoms with Crippen LogP contribution in [-0.2, 0) is 16.4 Å². The van der Waals surface area contributed by atoms with Crippen molar-refractivity contribution in [1.29, 1.82) is 0 Å². The summed E-state index contributed by atoms with van der Waals surface area (Å²) < 4.78 is 26.1. The van der Waals surface area contributed by atoms with Crippen LogP contribution in [0.2, 0.25) is 0 Å². The van der Waals surface area contributed by atoms with Gasteiger partial charge in [-0.1, -0.05) is 41.7 Å². The molecule has 0 aliphatic rings. The van der Waals surface area contributed by atoms with Crippen LogP contribution in [0.5, 0.6) is 0 Å². The molecule has 0 fully saturated rings. The van der Waals surface area contributed by atoms with Crippen molar-refractivity contribution < 1.29 is 8.42 Å². The van der Waals surface area contributed by atoms with Crippen LogP contribution < -0.4 is 4.87 Å². The van der Waals surface area contributed by atoms with E-state index in [4.69, 9.17) is 0 Å². The zero-order chi connectivity index (χ0) is 14.8. The fraction of sp³-hybridized carbons (Fsp3) is 0.308. The molecule has 0 aliphatic heterocycles. The number of likely N-dealkylation sites (N-methyl/N-ethyl adjacent to an activating group) is 1. The summed E-state index contributed by atoms with van der Waals surface area (Å²) in [5.41, 5.74) is 1.47. The molecule has 0 atom stereocenters. The first-order valence-corrected chi connectivity index (χ1v) is 8.37. The molecule has 5 nitrogen and oxygen atoms in total.